The Kier molecular flexibility index (Phi) is 2.60. The summed E-state index contributed by atoms with van der Waals surface area (Å²) < 4.78 is 5.73. The van der Waals surface area contributed by atoms with Crippen molar-refractivity contribution < 1.29 is 9.52 Å². The van der Waals surface area contributed by atoms with E-state index in [2.05, 4.69) is 0 Å². The minimum Gasteiger partial charge on any atom is -0.508 e. The van der Waals surface area contributed by atoms with Gasteiger partial charge in [0.1, 0.15) is 17.1 Å². The molecule has 0 atom stereocenters. The van der Waals surface area contributed by atoms with Crippen LogP contribution in [0.1, 0.15) is 5.56 Å². The van der Waals surface area contributed by atoms with Gasteiger partial charge in [0.25, 0.3) is 0 Å². The standard InChI is InChI=1S/C16H12O3/c1-10-7-12(17)8-15-16(10)13(18)9-14(19-15)11-5-3-2-4-6-11/h2-9,17H,1H3. The highest BCUT2D eigenvalue weighted by Crippen LogP contribution is 2.26. The molecule has 19 heavy (non-hydrogen) atoms. The van der Waals surface area contributed by atoms with Gasteiger partial charge >= 0.3 is 0 Å². The number of rotatable bonds is 1. The lowest BCUT2D eigenvalue weighted by Crippen LogP contribution is -2.02. The van der Waals surface area contributed by atoms with Crippen molar-refractivity contribution in [3.8, 4) is 17.1 Å². The summed E-state index contributed by atoms with van der Waals surface area (Å²) in [6.45, 7) is 1.78. The lowest BCUT2D eigenvalue weighted by atomic mass is 10.1. The summed E-state index contributed by atoms with van der Waals surface area (Å²) in [5.41, 5.74) is 1.85. The molecular formula is C16H12O3. The normalized spacial score (nSPS) is 10.8. The van der Waals surface area contributed by atoms with Crippen LogP contribution in [0.3, 0.4) is 0 Å². The summed E-state index contributed by atoms with van der Waals surface area (Å²) >= 11 is 0. The topological polar surface area (TPSA) is 50.4 Å². The molecule has 0 aliphatic rings. The van der Waals surface area contributed by atoms with Gasteiger partial charge in [0.2, 0.25) is 0 Å². The lowest BCUT2D eigenvalue weighted by molar-refractivity contribution is 0.474. The van der Waals surface area contributed by atoms with E-state index in [1.807, 2.05) is 30.3 Å². The summed E-state index contributed by atoms with van der Waals surface area (Å²) in [5.74, 6) is 0.599. The Hall–Kier alpha value is -2.55. The van der Waals surface area contributed by atoms with Crippen molar-refractivity contribution in [1.82, 2.24) is 0 Å². The molecule has 94 valence electrons. The summed E-state index contributed by atoms with van der Waals surface area (Å²) in [5, 5.41) is 10.1. The Bertz CT molecular complexity index is 801. The molecule has 0 fully saturated rings. The van der Waals surface area contributed by atoms with Gasteiger partial charge in [0.05, 0.1) is 5.39 Å². The highest BCUT2D eigenvalue weighted by molar-refractivity contribution is 5.83. The van der Waals surface area contributed by atoms with Crippen LogP contribution in [-0.2, 0) is 0 Å². The fraction of sp³-hybridized carbons (Fsp3) is 0.0625. The Balaban J connectivity index is 2.34. The van der Waals surface area contributed by atoms with Gasteiger partial charge in [-0.15, -0.1) is 0 Å². The molecule has 0 aliphatic carbocycles. The second-order valence-electron chi connectivity index (χ2n) is 4.48. The van der Waals surface area contributed by atoms with Crippen molar-refractivity contribution in [2.45, 2.75) is 6.92 Å². The first kappa shape index (κ1) is 11.5. The molecule has 3 nitrogen and oxygen atoms in total. The highest BCUT2D eigenvalue weighted by Gasteiger charge is 2.09. The first-order valence-electron chi connectivity index (χ1n) is 5.98. The average Bonchev–Trinajstić information content (AvgIpc) is 2.38. The SMILES string of the molecule is Cc1cc(O)cc2oc(-c3ccccc3)cc(=O)c12. The minimum absolute atomic E-state index is 0.0957. The zero-order valence-corrected chi connectivity index (χ0v) is 10.4. The van der Waals surface area contributed by atoms with Crippen LogP contribution in [0.15, 0.2) is 57.7 Å². The number of phenols is 1. The van der Waals surface area contributed by atoms with Crippen LogP contribution in [0.4, 0.5) is 0 Å². The predicted octanol–water partition coefficient (Wildman–Crippen LogP) is 3.47. The van der Waals surface area contributed by atoms with E-state index in [1.165, 1.54) is 12.1 Å². The largest absolute Gasteiger partial charge is 0.508 e. The molecule has 3 rings (SSSR count). The van der Waals surface area contributed by atoms with E-state index >= 15 is 0 Å². The number of phenolic OH excluding ortho intramolecular Hbond substituents is 1. The van der Waals surface area contributed by atoms with Crippen molar-refractivity contribution in [2.75, 3.05) is 0 Å². The van der Waals surface area contributed by atoms with E-state index in [4.69, 9.17) is 4.42 Å². The molecule has 0 saturated heterocycles. The minimum atomic E-state index is -0.0994. The molecule has 0 bridgehead atoms. The molecule has 0 amide bonds. The monoisotopic (exact) mass is 252 g/mol. The van der Waals surface area contributed by atoms with Crippen molar-refractivity contribution >= 4 is 11.0 Å². The molecular weight excluding hydrogens is 240 g/mol. The molecule has 1 aromatic heterocycles. The van der Waals surface area contributed by atoms with E-state index in [-0.39, 0.29) is 11.2 Å². The second kappa shape index (κ2) is 4.28. The first-order chi connectivity index (χ1) is 9.15. The van der Waals surface area contributed by atoms with Crippen molar-refractivity contribution in [2.24, 2.45) is 0 Å². The average molecular weight is 252 g/mol. The first-order valence-corrected chi connectivity index (χ1v) is 5.98. The van der Waals surface area contributed by atoms with E-state index in [1.54, 1.807) is 13.0 Å². The van der Waals surface area contributed by atoms with Crippen molar-refractivity contribution in [3.63, 3.8) is 0 Å². The molecule has 3 aromatic rings. The number of benzene rings is 2. The molecule has 1 heterocycles. The number of hydrogen-bond acceptors (Lipinski definition) is 3. The maximum Gasteiger partial charge on any atom is 0.193 e. The van der Waals surface area contributed by atoms with E-state index in [0.717, 1.165) is 5.56 Å². The van der Waals surface area contributed by atoms with Gasteiger partial charge in [-0.3, -0.25) is 4.79 Å². The third-order valence-corrected chi connectivity index (χ3v) is 3.07. The molecule has 0 aliphatic heterocycles. The lowest BCUT2D eigenvalue weighted by Gasteiger charge is -2.05. The zero-order valence-electron chi connectivity index (χ0n) is 10.4. The fourth-order valence-electron chi connectivity index (χ4n) is 2.22. The van der Waals surface area contributed by atoms with Crippen LogP contribution in [0.25, 0.3) is 22.3 Å². The molecule has 3 heteroatoms. The molecule has 2 aromatic carbocycles. The maximum atomic E-state index is 12.2. The van der Waals surface area contributed by atoms with Gasteiger partial charge in [0.15, 0.2) is 5.43 Å². The van der Waals surface area contributed by atoms with Crippen LogP contribution in [0.2, 0.25) is 0 Å². The van der Waals surface area contributed by atoms with Gasteiger partial charge in [-0.25, -0.2) is 0 Å². The van der Waals surface area contributed by atoms with Crippen molar-refractivity contribution in [1.29, 1.82) is 0 Å². The third-order valence-electron chi connectivity index (χ3n) is 3.07. The van der Waals surface area contributed by atoms with E-state index < -0.39 is 0 Å². The molecule has 0 radical (unpaired) electrons. The number of aryl methyl sites for hydroxylation is 1. The van der Waals surface area contributed by atoms with Gasteiger partial charge in [-0.2, -0.15) is 0 Å². The van der Waals surface area contributed by atoms with Crippen LogP contribution in [0.5, 0.6) is 5.75 Å². The summed E-state index contributed by atoms with van der Waals surface area (Å²) in [6, 6.07) is 13.9. The summed E-state index contributed by atoms with van der Waals surface area (Å²) in [7, 11) is 0. The number of fused-ring (bicyclic) bond motifs is 1. The summed E-state index contributed by atoms with van der Waals surface area (Å²) in [6.07, 6.45) is 0. The number of aromatic hydroxyl groups is 1. The third kappa shape index (κ3) is 1.99. The second-order valence-corrected chi connectivity index (χ2v) is 4.48. The van der Waals surface area contributed by atoms with Gasteiger partial charge in [-0.1, -0.05) is 30.3 Å². The number of hydrogen-bond donors (Lipinski definition) is 1. The highest BCUT2D eigenvalue weighted by atomic mass is 16.3. The Morgan fingerprint density at radius 2 is 1.79 bits per heavy atom. The Labute approximate surface area is 109 Å². The Morgan fingerprint density at radius 1 is 1.05 bits per heavy atom. The van der Waals surface area contributed by atoms with E-state index in [9.17, 15) is 9.90 Å². The predicted molar refractivity (Wildman–Crippen MR) is 74.3 cm³/mol. The molecule has 0 saturated carbocycles. The van der Waals surface area contributed by atoms with Crippen LogP contribution in [0, 0.1) is 6.92 Å². The van der Waals surface area contributed by atoms with Gasteiger partial charge in [0, 0.05) is 17.7 Å². The van der Waals surface area contributed by atoms with Crippen LogP contribution >= 0.6 is 0 Å². The summed E-state index contributed by atoms with van der Waals surface area (Å²) in [4.78, 5) is 12.2. The van der Waals surface area contributed by atoms with Crippen molar-refractivity contribution in [3.05, 3.63) is 64.3 Å². The Morgan fingerprint density at radius 3 is 2.53 bits per heavy atom. The molecule has 0 spiro atoms. The smallest absolute Gasteiger partial charge is 0.193 e. The fourth-order valence-corrected chi connectivity index (χ4v) is 2.22. The molecule has 0 unspecified atom stereocenters. The van der Waals surface area contributed by atoms with Gasteiger partial charge < -0.3 is 9.52 Å². The van der Waals surface area contributed by atoms with Gasteiger partial charge in [-0.05, 0) is 18.6 Å². The quantitative estimate of drug-likeness (QED) is 0.721. The zero-order chi connectivity index (χ0) is 13.4. The van der Waals surface area contributed by atoms with Crippen LogP contribution in [-0.4, -0.2) is 5.11 Å². The maximum absolute atomic E-state index is 12.2. The molecule has 1 N–H and O–H groups in total. The van der Waals surface area contributed by atoms with E-state index in [0.29, 0.717) is 22.3 Å². The van der Waals surface area contributed by atoms with Crippen LogP contribution < -0.4 is 5.43 Å².